The largest absolute Gasteiger partial charge is 0.467 e. The van der Waals surface area contributed by atoms with E-state index in [0.717, 1.165) is 33.2 Å². The number of halogens is 1. The highest BCUT2D eigenvalue weighted by Gasteiger charge is 2.05. The highest BCUT2D eigenvalue weighted by molar-refractivity contribution is 5.83. The van der Waals surface area contributed by atoms with E-state index in [1.54, 1.807) is 24.6 Å². The van der Waals surface area contributed by atoms with Gasteiger partial charge in [0.05, 0.1) is 12.8 Å². The summed E-state index contributed by atoms with van der Waals surface area (Å²) in [5, 5.41) is 5.63. The minimum atomic E-state index is -0.236. The Bertz CT molecular complexity index is 992. The zero-order valence-corrected chi connectivity index (χ0v) is 13.6. The van der Waals surface area contributed by atoms with Crippen molar-refractivity contribution in [3.8, 4) is 11.1 Å². The molecule has 4 aromatic rings. The monoisotopic (exact) mass is 332 g/mol. The van der Waals surface area contributed by atoms with Crippen molar-refractivity contribution in [2.75, 3.05) is 0 Å². The van der Waals surface area contributed by atoms with Gasteiger partial charge in [-0.1, -0.05) is 36.4 Å². The average molecular weight is 332 g/mol. The van der Waals surface area contributed by atoms with Gasteiger partial charge in [0.15, 0.2) is 0 Å². The molecule has 0 atom stereocenters. The molecule has 4 rings (SSSR count). The Morgan fingerprint density at radius 2 is 1.76 bits per heavy atom. The molecule has 0 bridgehead atoms. The lowest BCUT2D eigenvalue weighted by Gasteiger charge is -2.06. The Hall–Kier alpha value is -2.98. The van der Waals surface area contributed by atoms with Gasteiger partial charge < -0.3 is 9.73 Å². The van der Waals surface area contributed by atoms with Crippen molar-refractivity contribution >= 4 is 10.8 Å². The van der Waals surface area contributed by atoms with Crippen LogP contribution in [-0.2, 0) is 13.1 Å². The Kier molecular flexibility index (Phi) is 4.27. The number of hydrogen-bond donors (Lipinski definition) is 1. The average Bonchev–Trinajstić information content (AvgIpc) is 3.06. The van der Waals surface area contributed by atoms with Gasteiger partial charge in [-0.15, -0.1) is 0 Å². The maximum Gasteiger partial charge on any atom is 0.125 e. The normalized spacial score (nSPS) is 11.1. The van der Waals surface area contributed by atoms with Crippen LogP contribution in [-0.4, -0.2) is 4.98 Å². The first-order chi connectivity index (χ1) is 12.3. The molecule has 0 aliphatic rings. The van der Waals surface area contributed by atoms with Crippen LogP contribution >= 0.6 is 0 Å². The Morgan fingerprint density at radius 3 is 2.64 bits per heavy atom. The second-order valence-electron chi connectivity index (χ2n) is 5.94. The van der Waals surface area contributed by atoms with Crippen LogP contribution in [0.25, 0.3) is 21.9 Å². The molecule has 0 aliphatic carbocycles. The van der Waals surface area contributed by atoms with Gasteiger partial charge in [-0.05, 0) is 29.3 Å². The lowest BCUT2D eigenvalue weighted by Crippen LogP contribution is -2.12. The van der Waals surface area contributed by atoms with Crippen LogP contribution < -0.4 is 5.32 Å². The number of hydrogen-bond acceptors (Lipinski definition) is 3. The maximum atomic E-state index is 13.1. The van der Waals surface area contributed by atoms with Gasteiger partial charge in [0.25, 0.3) is 0 Å². The number of nitrogens with zero attached hydrogens (tertiary/aromatic N) is 1. The van der Waals surface area contributed by atoms with E-state index in [1.807, 2.05) is 24.4 Å². The molecular formula is C21H17FN2O. The third kappa shape index (κ3) is 3.44. The van der Waals surface area contributed by atoms with Crippen LogP contribution in [0, 0.1) is 5.82 Å². The molecule has 2 aromatic heterocycles. The quantitative estimate of drug-likeness (QED) is 0.563. The molecule has 0 aliphatic heterocycles. The topological polar surface area (TPSA) is 38.1 Å². The van der Waals surface area contributed by atoms with Crippen molar-refractivity contribution in [2.45, 2.75) is 13.1 Å². The fraction of sp³-hybridized carbons (Fsp3) is 0.0952. The molecule has 1 N–H and O–H groups in total. The van der Waals surface area contributed by atoms with Gasteiger partial charge in [-0.3, -0.25) is 4.98 Å². The van der Waals surface area contributed by atoms with Crippen LogP contribution in [0.3, 0.4) is 0 Å². The number of pyridine rings is 1. The summed E-state index contributed by atoms with van der Waals surface area (Å²) in [4.78, 5) is 4.29. The molecule has 0 saturated carbocycles. The minimum Gasteiger partial charge on any atom is -0.467 e. The van der Waals surface area contributed by atoms with Crippen molar-refractivity contribution in [2.24, 2.45) is 0 Å². The summed E-state index contributed by atoms with van der Waals surface area (Å²) in [7, 11) is 0. The predicted octanol–water partition coefficient (Wildman–Crippen LogP) is 4.92. The summed E-state index contributed by atoms with van der Waals surface area (Å²) in [6, 6.07) is 16.6. The number of benzene rings is 2. The number of furan rings is 1. The van der Waals surface area contributed by atoms with Gasteiger partial charge >= 0.3 is 0 Å². The van der Waals surface area contributed by atoms with Crippen LogP contribution in [0.1, 0.15) is 11.3 Å². The lowest BCUT2D eigenvalue weighted by atomic mass is 10.1. The fourth-order valence-corrected chi connectivity index (χ4v) is 2.89. The Balaban J connectivity index is 1.44. The van der Waals surface area contributed by atoms with E-state index in [1.165, 1.54) is 12.1 Å². The van der Waals surface area contributed by atoms with Crippen molar-refractivity contribution in [3.63, 3.8) is 0 Å². The van der Waals surface area contributed by atoms with Gasteiger partial charge in [0, 0.05) is 35.3 Å². The number of rotatable bonds is 5. The summed E-state index contributed by atoms with van der Waals surface area (Å²) in [5.41, 5.74) is 2.99. The van der Waals surface area contributed by atoms with Gasteiger partial charge in [-0.2, -0.15) is 0 Å². The van der Waals surface area contributed by atoms with Gasteiger partial charge in [-0.25, -0.2) is 4.39 Å². The third-order valence-electron chi connectivity index (χ3n) is 4.18. The summed E-state index contributed by atoms with van der Waals surface area (Å²) < 4.78 is 18.7. The first-order valence-corrected chi connectivity index (χ1v) is 8.15. The van der Waals surface area contributed by atoms with Gasteiger partial charge in [0.2, 0.25) is 0 Å². The van der Waals surface area contributed by atoms with E-state index >= 15 is 0 Å². The molecule has 4 heteroatoms. The molecule has 0 radical (unpaired) electrons. The van der Waals surface area contributed by atoms with E-state index in [4.69, 9.17) is 4.42 Å². The molecule has 0 spiro atoms. The SMILES string of the molecule is Fc1ccc(-c2cncc(CNCc3occ4ccccc34)c2)cc1. The van der Waals surface area contributed by atoms with Crippen LogP contribution in [0.2, 0.25) is 0 Å². The summed E-state index contributed by atoms with van der Waals surface area (Å²) in [6.07, 6.45) is 5.40. The second-order valence-corrected chi connectivity index (χ2v) is 5.94. The van der Waals surface area contributed by atoms with E-state index in [9.17, 15) is 4.39 Å². The molecule has 0 fully saturated rings. The van der Waals surface area contributed by atoms with Crippen LogP contribution in [0.5, 0.6) is 0 Å². The number of aromatic nitrogens is 1. The standard InChI is InChI=1S/C21H17FN2O/c22-19-7-5-16(6-8-19)18-9-15(10-23-12-18)11-24-13-21-20-4-2-1-3-17(20)14-25-21/h1-10,12,14,24H,11,13H2. The zero-order chi connectivity index (χ0) is 17.1. The van der Waals surface area contributed by atoms with Crippen molar-refractivity contribution in [3.05, 3.63) is 90.4 Å². The highest BCUT2D eigenvalue weighted by atomic mass is 19.1. The van der Waals surface area contributed by atoms with E-state index in [0.29, 0.717) is 13.1 Å². The smallest absolute Gasteiger partial charge is 0.125 e. The molecular weight excluding hydrogens is 315 g/mol. The molecule has 3 nitrogen and oxygen atoms in total. The fourth-order valence-electron chi connectivity index (χ4n) is 2.89. The molecule has 2 heterocycles. The third-order valence-corrected chi connectivity index (χ3v) is 4.18. The molecule has 124 valence electrons. The van der Waals surface area contributed by atoms with Crippen molar-refractivity contribution in [1.29, 1.82) is 0 Å². The Labute approximate surface area is 145 Å². The number of fused-ring (bicyclic) bond motifs is 1. The lowest BCUT2D eigenvalue weighted by molar-refractivity contribution is 0.488. The first-order valence-electron chi connectivity index (χ1n) is 8.15. The zero-order valence-electron chi connectivity index (χ0n) is 13.6. The van der Waals surface area contributed by atoms with E-state index in [-0.39, 0.29) is 5.82 Å². The second kappa shape index (κ2) is 6.87. The molecule has 2 aromatic carbocycles. The Morgan fingerprint density at radius 1 is 0.920 bits per heavy atom. The van der Waals surface area contributed by atoms with Gasteiger partial charge in [0.1, 0.15) is 11.6 Å². The van der Waals surface area contributed by atoms with E-state index < -0.39 is 0 Å². The van der Waals surface area contributed by atoms with E-state index in [2.05, 4.69) is 22.4 Å². The summed E-state index contributed by atoms with van der Waals surface area (Å²) in [6.45, 7) is 1.32. The molecule has 0 unspecified atom stereocenters. The van der Waals surface area contributed by atoms with Crippen LogP contribution in [0.15, 0.2) is 77.7 Å². The summed E-state index contributed by atoms with van der Waals surface area (Å²) >= 11 is 0. The number of nitrogens with one attached hydrogen (secondary N) is 1. The minimum absolute atomic E-state index is 0.236. The predicted molar refractivity (Wildman–Crippen MR) is 96.4 cm³/mol. The molecule has 0 saturated heterocycles. The summed E-state index contributed by atoms with van der Waals surface area (Å²) in [5.74, 6) is 0.693. The van der Waals surface area contributed by atoms with Crippen LogP contribution in [0.4, 0.5) is 4.39 Å². The molecule has 0 amide bonds. The maximum absolute atomic E-state index is 13.1. The highest BCUT2D eigenvalue weighted by Crippen LogP contribution is 2.21. The first kappa shape index (κ1) is 15.5. The molecule has 25 heavy (non-hydrogen) atoms. The van der Waals surface area contributed by atoms with Crippen molar-refractivity contribution in [1.82, 2.24) is 10.3 Å². The van der Waals surface area contributed by atoms with Crippen molar-refractivity contribution < 1.29 is 8.81 Å².